The Morgan fingerprint density at radius 2 is 1.85 bits per heavy atom. The Morgan fingerprint density at radius 3 is 2.59 bits per heavy atom. The van der Waals surface area contributed by atoms with E-state index in [-0.39, 0.29) is 22.6 Å². The molecule has 2 amide bonds. The maximum absolute atomic E-state index is 13.2. The largest absolute Gasteiger partial charge is 0.456 e. The summed E-state index contributed by atoms with van der Waals surface area (Å²) in [5.74, 6) is -0.144. The lowest BCUT2D eigenvalue weighted by Gasteiger charge is -2.08. The molecule has 0 bridgehead atoms. The lowest BCUT2D eigenvalue weighted by atomic mass is 10.2. The quantitative estimate of drug-likeness (QED) is 0.458. The molecule has 0 radical (unpaired) electrons. The lowest BCUT2D eigenvalue weighted by molar-refractivity contribution is 0.0993. The van der Waals surface area contributed by atoms with Gasteiger partial charge in [0.25, 0.3) is 17.4 Å². The van der Waals surface area contributed by atoms with Gasteiger partial charge in [-0.3, -0.25) is 24.0 Å². The van der Waals surface area contributed by atoms with E-state index in [9.17, 15) is 14.4 Å². The minimum absolute atomic E-state index is 0.0793. The van der Waals surface area contributed by atoms with Gasteiger partial charge in [0, 0.05) is 18.8 Å². The minimum Gasteiger partial charge on any atom is -0.456 e. The molecule has 0 atom stereocenters. The third-order valence-electron chi connectivity index (χ3n) is 5.46. The second kappa shape index (κ2) is 8.66. The second-order valence-corrected chi connectivity index (χ2v) is 7.68. The number of rotatable bonds is 6. The first kappa shape index (κ1) is 21.1. The zero-order chi connectivity index (χ0) is 23.7. The molecule has 1 aromatic carbocycles. The zero-order valence-corrected chi connectivity index (χ0v) is 18.0. The zero-order valence-electron chi connectivity index (χ0n) is 18.0. The van der Waals surface area contributed by atoms with Crippen molar-refractivity contribution in [2.24, 2.45) is 5.73 Å². The maximum atomic E-state index is 13.2. The average Bonchev–Trinajstić information content (AvgIpc) is 3.40. The van der Waals surface area contributed by atoms with E-state index >= 15 is 0 Å². The predicted octanol–water partition coefficient (Wildman–Crippen LogP) is 2.52. The number of nitrogens with two attached hydrogens (primary N) is 1. The number of carbonyl (C=O) groups excluding carboxylic acids is 2. The van der Waals surface area contributed by atoms with E-state index in [2.05, 4.69) is 15.3 Å². The number of fused-ring (bicyclic) bond motifs is 1. The van der Waals surface area contributed by atoms with Gasteiger partial charge in [-0.05, 0) is 43.2 Å². The second-order valence-electron chi connectivity index (χ2n) is 7.68. The van der Waals surface area contributed by atoms with E-state index in [1.807, 2.05) is 35.0 Å². The van der Waals surface area contributed by atoms with Crippen molar-refractivity contribution < 1.29 is 14.3 Å². The third-order valence-corrected chi connectivity index (χ3v) is 5.46. The van der Waals surface area contributed by atoms with Crippen LogP contribution in [-0.2, 0) is 13.0 Å². The smallest absolute Gasteiger partial charge is 0.284 e. The minimum atomic E-state index is -0.662. The van der Waals surface area contributed by atoms with Crippen molar-refractivity contribution in [1.29, 1.82) is 0 Å². The highest BCUT2D eigenvalue weighted by Gasteiger charge is 2.28. The Kier molecular flexibility index (Phi) is 5.38. The van der Waals surface area contributed by atoms with Gasteiger partial charge in [0.05, 0.1) is 17.6 Å². The highest BCUT2D eigenvalue weighted by atomic mass is 16.5. The molecule has 4 aromatic rings. The Labute approximate surface area is 193 Å². The number of amides is 2. The van der Waals surface area contributed by atoms with Crippen molar-refractivity contribution in [2.45, 2.75) is 19.4 Å². The molecule has 0 saturated carbocycles. The molecule has 1 aliphatic rings. The normalized spacial score (nSPS) is 12.2. The molecule has 0 saturated heterocycles. The Hall–Kier alpha value is -4.73. The summed E-state index contributed by atoms with van der Waals surface area (Å²) in [5.41, 5.74) is 6.51. The highest BCUT2D eigenvalue weighted by molar-refractivity contribution is 6.04. The van der Waals surface area contributed by atoms with Crippen LogP contribution in [-0.4, -0.2) is 31.1 Å². The fourth-order valence-corrected chi connectivity index (χ4v) is 3.97. The van der Waals surface area contributed by atoms with E-state index in [1.54, 1.807) is 22.9 Å². The van der Waals surface area contributed by atoms with Gasteiger partial charge in [0.1, 0.15) is 28.6 Å². The van der Waals surface area contributed by atoms with Gasteiger partial charge in [0.15, 0.2) is 0 Å². The van der Waals surface area contributed by atoms with E-state index in [1.165, 1.54) is 18.5 Å². The van der Waals surface area contributed by atoms with Crippen molar-refractivity contribution in [3.05, 3.63) is 94.3 Å². The van der Waals surface area contributed by atoms with Gasteiger partial charge in [0.2, 0.25) is 0 Å². The Morgan fingerprint density at radius 1 is 1.03 bits per heavy atom. The number of aromatic nitrogens is 4. The van der Waals surface area contributed by atoms with E-state index in [0.717, 1.165) is 6.42 Å². The Bertz CT molecular complexity index is 1440. The van der Waals surface area contributed by atoms with Crippen molar-refractivity contribution in [2.75, 3.05) is 5.32 Å². The highest BCUT2D eigenvalue weighted by Crippen LogP contribution is 2.23. The van der Waals surface area contributed by atoms with Crippen LogP contribution in [0.3, 0.4) is 0 Å². The van der Waals surface area contributed by atoms with Crippen LogP contribution in [0.5, 0.6) is 11.5 Å². The predicted molar refractivity (Wildman–Crippen MR) is 123 cm³/mol. The molecule has 0 spiro atoms. The van der Waals surface area contributed by atoms with Gasteiger partial charge < -0.3 is 15.8 Å². The third kappa shape index (κ3) is 3.92. The number of anilines is 1. The van der Waals surface area contributed by atoms with Gasteiger partial charge in [-0.1, -0.05) is 18.2 Å². The summed E-state index contributed by atoms with van der Waals surface area (Å²) in [6.07, 6.45) is 4.35. The van der Waals surface area contributed by atoms with Crippen molar-refractivity contribution >= 4 is 17.6 Å². The van der Waals surface area contributed by atoms with Crippen LogP contribution in [0, 0.1) is 0 Å². The first-order chi connectivity index (χ1) is 16.5. The standard InChI is InChI=1S/C24H20N6O4/c25-22(31)18-13-16(10-11-26-18)34-17-8-9-20(27-14-17)28-23(32)21-19-7-4-12-29(19)30(24(21)33)15-5-2-1-3-6-15/h1-3,5-6,8-11,13-14H,4,7,12H2,(H2,25,31)(H,27,28,32). The molecule has 34 heavy (non-hydrogen) atoms. The molecular formula is C24H20N6O4. The molecule has 10 heteroatoms. The molecular weight excluding hydrogens is 436 g/mol. The molecule has 1 aliphatic heterocycles. The lowest BCUT2D eigenvalue weighted by Crippen LogP contribution is -2.26. The molecule has 0 fully saturated rings. The summed E-state index contributed by atoms with van der Waals surface area (Å²) in [6.45, 7) is 0.670. The van der Waals surface area contributed by atoms with Crippen molar-refractivity contribution in [1.82, 2.24) is 19.3 Å². The number of ether oxygens (including phenoxy) is 1. The van der Waals surface area contributed by atoms with Crippen LogP contribution in [0.15, 0.2) is 71.8 Å². The summed E-state index contributed by atoms with van der Waals surface area (Å²) in [4.78, 5) is 45.6. The molecule has 0 aliphatic carbocycles. The molecule has 0 unspecified atom stereocenters. The summed E-state index contributed by atoms with van der Waals surface area (Å²) in [7, 11) is 0. The molecule has 3 N–H and O–H groups in total. The molecule has 170 valence electrons. The summed E-state index contributed by atoms with van der Waals surface area (Å²) in [6, 6.07) is 15.4. The number of pyridine rings is 2. The molecule has 3 aromatic heterocycles. The molecule has 10 nitrogen and oxygen atoms in total. The van der Waals surface area contributed by atoms with Crippen LogP contribution < -0.4 is 21.3 Å². The maximum Gasteiger partial charge on any atom is 0.284 e. The van der Waals surface area contributed by atoms with Gasteiger partial charge in [-0.15, -0.1) is 0 Å². The number of carbonyl (C=O) groups is 2. The first-order valence-electron chi connectivity index (χ1n) is 10.6. The molecule has 4 heterocycles. The van der Waals surface area contributed by atoms with Crippen LogP contribution in [0.25, 0.3) is 5.69 Å². The monoisotopic (exact) mass is 456 g/mol. The van der Waals surface area contributed by atoms with E-state index in [4.69, 9.17) is 10.5 Å². The van der Waals surface area contributed by atoms with Gasteiger partial charge >= 0.3 is 0 Å². The topological polar surface area (TPSA) is 134 Å². The fourth-order valence-electron chi connectivity index (χ4n) is 3.97. The number of hydrogen-bond donors (Lipinski definition) is 2. The van der Waals surface area contributed by atoms with Crippen LogP contribution in [0.4, 0.5) is 5.82 Å². The van der Waals surface area contributed by atoms with Gasteiger partial charge in [-0.2, -0.15) is 0 Å². The summed E-state index contributed by atoms with van der Waals surface area (Å²) >= 11 is 0. The number of nitrogens with one attached hydrogen (secondary N) is 1. The number of primary amides is 1. The van der Waals surface area contributed by atoms with E-state index < -0.39 is 11.8 Å². The first-order valence-corrected chi connectivity index (χ1v) is 10.6. The van der Waals surface area contributed by atoms with Crippen LogP contribution >= 0.6 is 0 Å². The van der Waals surface area contributed by atoms with Crippen molar-refractivity contribution in [3.63, 3.8) is 0 Å². The summed E-state index contributed by atoms with van der Waals surface area (Å²) in [5, 5.41) is 2.71. The van der Waals surface area contributed by atoms with E-state index in [0.29, 0.717) is 35.8 Å². The number of para-hydroxylation sites is 1. The average molecular weight is 456 g/mol. The summed E-state index contributed by atoms with van der Waals surface area (Å²) < 4.78 is 9.09. The van der Waals surface area contributed by atoms with Gasteiger partial charge in [-0.25, -0.2) is 9.67 Å². The van der Waals surface area contributed by atoms with Crippen molar-refractivity contribution in [3.8, 4) is 17.2 Å². The SMILES string of the molecule is NC(=O)c1cc(Oc2ccc(NC(=O)c3c4n(n(-c5ccccc5)c3=O)CCC4)nc2)ccn1. The Balaban J connectivity index is 1.36. The molecule has 5 rings (SSSR count). The number of nitrogens with zero attached hydrogens (tertiary/aromatic N) is 4. The van der Waals surface area contributed by atoms with Crippen LogP contribution in [0.1, 0.15) is 33.0 Å². The number of hydrogen-bond acceptors (Lipinski definition) is 6. The fraction of sp³-hybridized carbons (Fsp3) is 0.125. The number of benzene rings is 1. The van der Waals surface area contributed by atoms with Crippen LogP contribution in [0.2, 0.25) is 0 Å².